The first-order valence-corrected chi connectivity index (χ1v) is 12.8. The van der Waals surface area contributed by atoms with Gasteiger partial charge >= 0.3 is 5.97 Å². The first-order valence-electron chi connectivity index (χ1n) is 12.8. The number of aromatic nitrogens is 2. The SMILES string of the molecule is CC(C)N(c1nn(-c2ccc(-c3cc4cc(N)ccc4o3)cc2)cc1C(=O)O)C(=O)[C@H]1CC[C@H](C)CC1. The molecule has 1 amide bonds. The van der Waals surface area contributed by atoms with Gasteiger partial charge in [0.15, 0.2) is 5.82 Å². The van der Waals surface area contributed by atoms with E-state index in [0.717, 1.165) is 42.2 Å². The number of nitrogens with two attached hydrogens (primary N) is 1. The molecule has 2 aromatic heterocycles. The van der Waals surface area contributed by atoms with Crippen LogP contribution in [0.2, 0.25) is 0 Å². The van der Waals surface area contributed by atoms with Crippen molar-refractivity contribution in [1.29, 1.82) is 0 Å². The van der Waals surface area contributed by atoms with E-state index in [1.54, 1.807) is 11.0 Å². The van der Waals surface area contributed by atoms with Crippen LogP contribution in [0.25, 0.3) is 28.0 Å². The average molecular weight is 501 g/mol. The van der Waals surface area contributed by atoms with Gasteiger partial charge in [-0.2, -0.15) is 0 Å². The Bertz CT molecular complexity index is 1440. The summed E-state index contributed by atoms with van der Waals surface area (Å²) in [5.74, 6) is 0.239. The molecule has 1 aliphatic carbocycles. The van der Waals surface area contributed by atoms with Gasteiger partial charge in [0.1, 0.15) is 16.9 Å². The second kappa shape index (κ2) is 9.76. The van der Waals surface area contributed by atoms with E-state index in [1.807, 2.05) is 56.3 Å². The van der Waals surface area contributed by atoms with Crippen LogP contribution in [-0.2, 0) is 4.79 Å². The first kappa shape index (κ1) is 24.6. The van der Waals surface area contributed by atoms with Gasteiger partial charge in [-0.3, -0.25) is 9.69 Å². The Balaban J connectivity index is 1.46. The number of carboxylic acids is 1. The van der Waals surface area contributed by atoms with E-state index in [-0.39, 0.29) is 29.2 Å². The quantitative estimate of drug-likeness (QED) is 0.308. The van der Waals surface area contributed by atoms with E-state index in [2.05, 4.69) is 12.0 Å². The molecule has 4 aromatic rings. The Kier molecular flexibility index (Phi) is 6.50. The number of carboxylic acid groups (broad SMARTS) is 1. The van der Waals surface area contributed by atoms with Gasteiger partial charge in [0.05, 0.1) is 5.69 Å². The molecule has 5 rings (SSSR count). The second-order valence-electron chi connectivity index (χ2n) is 10.3. The minimum absolute atomic E-state index is 0.00479. The number of aromatic carboxylic acids is 1. The Labute approximate surface area is 215 Å². The number of carbonyl (C=O) groups excluding carboxylic acids is 1. The molecule has 0 radical (unpaired) electrons. The number of fused-ring (bicyclic) bond motifs is 1. The number of benzene rings is 2. The maximum Gasteiger partial charge on any atom is 0.341 e. The van der Waals surface area contributed by atoms with Crippen molar-refractivity contribution in [3.63, 3.8) is 0 Å². The van der Waals surface area contributed by atoms with E-state index in [0.29, 0.717) is 23.1 Å². The fourth-order valence-corrected chi connectivity index (χ4v) is 5.12. The number of amides is 1. The predicted octanol–water partition coefficient (Wildman–Crippen LogP) is 6.13. The van der Waals surface area contributed by atoms with Crippen LogP contribution >= 0.6 is 0 Å². The third-order valence-corrected chi connectivity index (χ3v) is 7.23. The van der Waals surface area contributed by atoms with Crippen LogP contribution in [0.1, 0.15) is 56.8 Å². The summed E-state index contributed by atoms with van der Waals surface area (Å²) in [5, 5.41) is 15.5. The van der Waals surface area contributed by atoms with Gasteiger partial charge in [-0.25, -0.2) is 9.48 Å². The third kappa shape index (κ3) is 4.83. The highest BCUT2D eigenvalue weighted by Gasteiger charge is 2.34. The summed E-state index contributed by atoms with van der Waals surface area (Å²) in [6.45, 7) is 5.99. The van der Waals surface area contributed by atoms with Crippen molar-refractivity contribution in [2.45, 2.75) is 52.5 Å². The standard InChI is InChI=1S/C29H32N4O4/c1-17(2)33(28(34)20-6-4-18(3)5-7-20)27-24(29(35)36)16-32(31-27)23-11-8-19(9-12-23)26-15-21-14-22(30)10-13-25(21)37-26/h8-18,20H,4-7,30H2,1-3H3,(H,35,36)/t18-,20-. The Morgan fingerprint density at radius 3 is 2.43 bits per heavy atom. The largest absolute Gasteiger partial charge is 0.477 e. The van der Waals surface area contributed by atoms with E-state index >= 15 is 0 Å². The highest BCUT2D eigenvalue weighted by molar-refractivity contribution is 6.01. The Morgan fingerprint density at radius 2 is 1.78 bits per heavy atom. The number of anilines is 2. The summed E-state index contributed by atoms with van der Waals surface area (Å²) in [6, 6.07) is 14.7. The Hall–Kier alpha value is -4.07. The number of carbonyl (C=O) groups is 2. The van der Waals surface area contributed by atoms with Crippen LogP contribution in [0.5, 0.6) is 0 Å². The molecule has 0 bridgehead atoms. The van der Waals surface area contributed by atoms with E-state index in [1.165, 1.54) is 10.9 Å². The van der Waals surface area contributed by atoms with Crippen molar-refractivity contribution < 1.29 is 19.1 Å². The first-order chi connectivity index (χ1) is 17.7. The molecular formula is C29H32N4O4. The third-order valence-electron chi connectivity index (χ3n) is 7.23. The van der Waals surface area contributed by atoms with Crippen molar-refractivity contribution in [3.05, 3.63) is 60.3 Å². The van der Waals surface area contributed by atoms with Crippen LogP contribution in [0, 0.1) is 11.8 Å². The van der Waals surface area contributed by atoms with Gasteiger partial charge < -0.3 is 15.3 Å². The van der Waals surface area contributed by atoms with Crippen molar-refractivity contribution in [2.24, 2.45) is 11.8 Å². The number of furan rings is 1. The number of nitrogens with zero attached hydrogens (tertiary/aromatic N) is 3. The van der Waals surface area contributed by atoms with Crippen molar-refractivity contribution in [1.82, 2.24) is 9.78 Å². The summed E-state index contributed by atoms with van der Waals surface area (Å²) >= 11 is 0. The lowest BCUT2D eigenvalue weighted by atomic mass is 9.82. The molecule has 1 saturated carbocycles. The van der Waals surface area contributed by atoms with Crippen molar-refractivity contribution in [2.75, 3.05) is 10.6 Å². The van der Waals surface area contributed by atoms with Gasteiger partial charge in [-0.1, -0.05) is 6.92 Å². The topological polar surface area (TPSA) is 115 Å². The van der Waals surface area contributed by atoms with Crippen LogP contribution in [0.3, 0.4) is 0 Å². The summed E-state index contributed by atoms with van der Waals surface area (Å²) < 4.78 is 7.48. The molecule has 3 N–H and O–H groups in total. The zero-order chi connectivity index (χ0) is 26.3. The van der Waals surface area contributed by atoms with Crippen molar-refractivity contribution in [3.8, 4) is 17.0 Å². The van der Waals surface area contributed by atoms with Gasteiger partial charge in [-0.05, 0) is 94.0 Å². The molecule has 0 unspecified atom stereocenters. The summed E-state index contributed by atoms with van der Waals surface area (Å²) in [7, 11) is 0. The lowest BCUT2D eigenvalue weighted by Crippen LogP contribution is -2.43. The zero-order valence-corrected chi connectivity index (χ0v) is 21.3. The van der Waals surface area contributed by atoms with Gasteiger partial charge in [0.2, 0.25) is 5.91 Å². The molecule has 1 aliphatic rings. The lowest BCUT2D eigenvalue weighted by molar-refractivity contribution is -0.124. The van der Waals surface area contributed by atoms with Crippen LogP contribution in [-0.4, -0.2) is 32.8 Å². The molecular weight excluding hydrogens is 468 g/mol. The second-order valence-corrected chi connectivity index (χ2v) is 10.3. The lowest BCUT2D eigenvalue weighted by Gasteiger charge is -2.32. The number of hydrogen-bond acceptors (Lipinski definition) is 5. The monoisotopic (exact) mass is 500 g/mol. The molecule has 2 aromatic carbocycles. The Morgan fingerprint density at radius 1 is 1.08 bits per heavy atom. The molecule has 8 heteroatoms. The summed E-state index contributed by atoms with van der Waals surface area (Å²) in [5.41, 5.74) is 8.86. The van der Waals surface area contributed by atoms with Crippen LogP contribution in [0.15, 0.2) is 59.1 Å². The van der Waals surface area contributed by atoms with Gasteiger partial charge in [-0.15, -0.1) is 5.10 Å². The average Bonchev–Trinajstić information content (AvgIpc) is 3.49. The van der Waals surface area contributed by atoms with Gasteiger partial charge in [0, 0.05) is 34.8 Å². The molecule has 0 atom stereocenters. The molecule has 37 heavy (non-hydrogen) atoms. The normalized spacial score (nSPS) is 17.8. The molecule has 192 valence electrons. The van der Waals surface area contributed by atoms with E-state index in [9.17, 15) is 14.7 Å². The van der Waals surface area contributed by atoms with E-state index < -0.39 is 5.97 Å². The summed E-state index contributed by atoms with van der Waals surface area (Å²) in [6.07, 6.45) is 5.13. The maximum atomic E-state index is 13.5. The number of nitrogen functional groups attached to an aromatic ring is 1. The fourth-order valence-electron chi connectivity index (χ4n) is 5.12. The molecule has 8 nitrogen and oxygen atoms in total. The van der Waals surface area contributed by atoms with Crippen molar-refractivity contribution >= 4 is 34.4 Å². The highest BCUT2D eigenvalue weighted by atomic mass is 16.4. The number of hydrogen-bond donors (Lipinski definition) is 2. The minimum atomic E-state index is -1.12. The number of rotatable bonds is 6. The predicted molar refractivity (Wildman–Crippen MR) is 144 cm³/mol. The van der Waals surface area contributed by atoms with Crippen LogP contribution < -0.4 is 10.6 Å². The maximum absolute atomic E-state index is 13.5. The molecule has 1 fully saturated rings. The molecule has 0 spiro atoms. The van der Waals surface area contributed by atoms with Gasteiger partial charge in [0.25, 0.3) is 0 Å². The molecule has 0 saturated heterocycles. The smallest absolute Gasteiger partial charge is 0.341 e. The highest BCUT2D eigenvalue weighted by Crippen LogP contribution is 2.33. The zero-order valence-electron chi connectivity index (χ0n) is 21.3. The fraction of sp³-hybridized carbons (Fsp3) is 0.345. The van der Waals surface area contributed by atoms with Crippen LogP contribution in [0.4, 0.5) is 11.5 Å². The molecule has 0 aliphatic heterocycles. The molecule has 2 heterocycles. The summed E-state index contributed by atoms with van der Waals surface area (Å²) in [4.78, 5) is 27.3. The minimum Gasteiger partial charge on any atom is -0.477 e. The van der Waals surface area contributed by atoms with E-state index in [4.69, 9.17) is 10.2 Å².